The molecule has 1 saturated carbocycles. The number of hydrogen-bond acceptors (Lipinski definition) is 2. The van der Waals surface area contributed by atoms with Gasteiger partial charge in [-0.2, -0.15) is 11.8 Å². The quantitative estimate of drug-likeness (QED) is 0.678. The molecule has 1 aliphatic rings. The maximum atomic E-state index is 9.36. The van der Waals surface area contributed by atoms with Gasteiger partial charge in [0.25, 0.3) is 0 Å². The van der Waals surface area contributed by atoms with Crippen LogP contribution < -0.4 is 0 Å². The molecule has 10 heavy (non-hydrogen) atoms. The maximum absolute atomic E-state index is 9.36. The molecule has 0 heterocycles. The zero-order chi connectivity index (χ0) is 7.61. The van der Waals surface area contributed by atoms with E-state index in [0.717, 1.165) is 5.75 Å². The van der Waals surface area contributed by atoms with Crippen molar-refractivity contribution in [3.05, 3.63) is 0 Å². The van der Waals surface area contributed by atoms with Gasteiger partial charge in [0.05, 0.1) is 6.10 Å². The summed E-state index contributed by atoms with van der Waals surface area (Å²) in [5.74, 6) is 2.33. The van der Waals surface area contributed by atoms with E-state index in [-0.39, 0.29) is 6.10 Å². The van der Waals surface area contributed by atoms with Crippen LogP contribution in [0.1, 0.15) is 26.7 Å². The number of aliphatic hydroxyl groups is 1. The normalized spacial score (nSPS) is 24.3. The van der Waals surface area contributed by atoms with Gasteiger partial charge in [0, 0.05) is 11.2 Å². The molecule has 0 amide bonds. The maximum Gasteiger partial charge on any atom is 0.0576 e. The van der Waals surface area contributed by atoms with Crippen molar-refractivity contribution in [1.82, 2.24) is 0 Å². The molecule has 0 aromatic carbocycles. The number of aliphatic hydroxyl groups excluding tert-OH is 1. The second kappa shape index (κ2) is 3.14. The van der Waals surface area contributed by atoms with Crippen LogP contribution in [0.5, 0.6) is 0 Å². The molecule has 1 atom stereocenters. The van der Waals surface area contributed by atoms with Crippen LogP contribution in [0.2, 0.25) is 0 Å². The van der Waals surface area contributed by atoms with Gasteiger partial charge in [-0.05, 0) is 25.5 Å². The van der Waals surface area contributed by atoms with Crippen molar-refractivity contribution in [3.8, 4) is 0 Å². The third-order valence-electron chi connectivity index (χ3n) is 2.37. The zero-order valence-electron chi connectivity index (χ0n) is 6.76. The Labute approximate surface area is 67.2 Å². The molecule has 1 unspecified atom stereocenters. The van der Waals surface area contributed by atoms with Crippen LogP contribution >= 0.6 is 11.8 Å². The van der Waals surface area contributed by atoms with Crippen LogP contribution in [0.4, 0.5) is 0 Å². The predicted octanol–water partition coefficient (Wildman–Crippen LogP) is 1.90. The summed E-state index contributed by atoms with van der Waals surface area (Å²) >= 11 is 1.95. The summed E-state index contributed by atoms with van der Waals surface area (Å²) in [5, 5.41) is 9.36. The Bertz CT molecular complexity index is 108. The Balaban J connectivity index is 2.24. The lowest BCUT2D eigenvalue weighted by Gasteiger charge is -2.16. The molecule has 0 radical (unpaired) electrons. The highest BCUT2D eigenvalue weighted by atomic mass is 32.2. The van der Waals surface area contributed by atoms with E-state index in [9.17, 15) is 5.11 Å². The van der Waals surface area contributed by atoms with Gasteiger partial charge in [-0.15, -0.1) is 0 Å². The first-order valence-electron chi connectivity index (χ1n) is 3.97. The fraction of sp³-hybridized carbons (Fsp3) is 1.00. The van der Waals surface area contributed by atoms with E-state index in [0.29, 0.717) is 5.41 Å². The minimum atomic E-state index is -0.0912. The topological polar surface area (TPSA) is 20.2 Å². The van der Waals surface area contributed by atoms with Crippen molar-refractivity contribution in [2.45, 2.75) is 32.8 Å². The smallest absolute Gasteiger partial charge is 0.0576 e. The van der Waals surface area contributed by atoms with Gasteiger partial charge in [0.2, 0.25) is 0 Å². The van der Waals surface area contributed by atoms with Crippen molar-refractivity contribution in [3.63, 3.8) is 0 Å². The summed E-state index contributed by atoms with van der Waals surface area (Å²) in [7, 11) is 0. The second-order valence-corrected chi connectivity index (χ2v) is 4.45. The minimum absolute atomic E-state index is 0.0912. The molecule has 0 saturated heterocycles. The molecule has 60 valence electrons. The third kappa shape index (κ3) is 1.67. The molecule has 0 bridgehead atoms. The SMILES string of the molecule is CCSCC1(C(C)O)CC1. The molecule has 0 spiro atoms. The summed E-state index contributed by atoms with van der Waals surface area (Å²) in [6.45, 7) is 4.09. The molecular weight excluding hydrogens is 144 g/mol. The molecule has 1 N–H and O–H groups in total. The summed E-state index contributed by atoms with van der Waals surface area (Å²) in [4.78, 5) is 0. The predicted molar refractivity (Wildman–Crippen MR) is 46.3 cm³/mol. The van der Waals surface area contributed by atoms with Crippen molar-refractivity contribution in [2.24, 2.45) is 5.41 Å². The molecular formula is C8H16OS. The van der Waals surface area contributed by atoms with Gasteiger partial charge in [-0.1, -0.05) is 6.92 Å². The molecule has 1 fully saturated rings. The zero-order valence-corrected chi connectivity index (χ0v) is 7.58. The lowest BCUT2D eigenvalue weighted by molar-refractivity contribution is 0.124. The monoisotopic (exact) mass is 160 g/mol. The highest BCUT2D eigenvalue weighted by Crippen LogP contribution is 2.50. The highest BCUT2D eigenvalue weighted by molar-refractivity contribution is 7.99. The van der Waals surface area contributed by atoms with Crippen molar-refractivity contribution < 1.29 is 5.11 Å². The van der Waals surface area contributed by atoms with Gasteiger partial charge in [-0.25, -0.2) is 0 Å². The van der Waals surface area contributed by atoms with Gasteiger partial charge in [0.15, 0.2) is 0 Å². The Morgan fingerprint density at radius 2 is 2.20 bits per heavy atom. The van der Waals surface area contributed by atoms with Crippen molar-refractivity contribution in [2.75, 3.05) is 11.5 Å². The summed E-state index contributed by atoms with van der Waals surface area (Å²) in [6, 6.07) is 0. The Kier molecular flexibility index (Phi) is 2.64. The number of hydrogen-bond donors (Lipinski definition) is 1. The molecule has 1 aliphatic carbocycles. The van der Waals surface area contributed by atoms with E-state index in [1.807, 2.05) is 18.7 Å². The van der Waals surface area contributed by atoms with Crippen molar-refractivity contribution >= 4 is 11.8 Å². The average molecular weight is 160 g/mol. The van der Waals surface area contributed by atoms with Gasteiger partial charge in [-0.3, -0.25) is 0 Å². The van der Waals surface area contributed by atoms with Crippen LogP contribution in [0.25, 0.3) is 0 Å². The van der Waals surface area contributed by atoms with E-state index in [1.54, 1.807) is 0 Å². The van der Waals surface area contributed by atoms with Crippen LogP contribution in [0.3, 0.4) is 0 Å². The minimum Gasteiger partial charge on any atom is -0.393 e. The number of rotatable bonds is 4. The van der Waals surface area contributed by atoms with Crippen LogP contribution in [-0.2, 0) is 0 Å². The molecule has 2 heteroatoms. The third-order valence-corrected chi connectivity index (χ3v) is 3.56. The average Bonchev–Trinajstić information content (AvgIpc) is 2.64. The molecule has 1 nitrogen and oxygen atoms in total. The summed E-state index contributed by atoms with van der Waals surface area (Å²) in [5.41, 5.74) is 0.320. The van der Waals surface area contributed by atoms with Gasteiger partial charge in [0.1, 0.15) is 0 Å². The highest BCUT2D eigenvalue weighted by Gasteiger charge is 2.46. The molecule has 1 rings (SSSR count). The fourth-order valence-corrected chi connectivity index (χ4v) is 2.29. The summed E-state index contributed by atoms with van der Waals surface area (Å²) < 4.78 is 0. The summed E-state index contributed by atoms with van der Waals surface area (Å²) in [6.07, 6.45) is 2.38. The number of thioether (sulfide) groups is 1. The lowest BCUT2D eigenvalue weighted by Crippen LogP contribution is -2.20. The van der Waals surface area contributed by atoms with Crippen LogP contribution in [0, 0.1) is 5.41 Å². The first-order valence-corrected chi connectivity index (χ1v) is 5.12. The van der Waals surface area contributed by atoms with E-state index in [4.69, 9.17) is 0 Å². The second-order valence-electron chi connectivity index (χ2n) is 3.18. The first kappa shape index (κ1) is 8.41. The fourth-order valence-electron chi connectivity index (χ4n) is 1.15. The van der Waals surface area contributed by atoms with Crippen LogP contribution in [-0.4, -0.2) is 22.7 Å². The molecule has 0 aromatic heterocycles. The Morgan fingerprint density at radius 3 is 2.50 bits per heavy atom. The van der Waals surface area contributed by atoms with E-state index in [1.165, 1.54) is 18.6 Å². The van der Waals surface area contributed by atoms with E-state index >= 15 is 0 Å². The van der Waals surface area contributed by atoms with Gasteiger partial charge < -0.3 is 5.11 Å². The van der Waals surface area contributed by atoms with Crippen LogP contribution in [0.15, 0.2) is 0 Å². The Morgan fingerprint density at radius 1 is 1.60 bits per heavy atom. The van der Waals surface area contributed by atoms with E-state index in [2.05, 4.69) is 6.92 Å². The largest absolute Gasteiger partial charge is 0.393 e. The molecule has 0 aliphatic heterocycles. The van der Waals surface area contributed by atoms with E-state index < -0.39 is 0 Å². The Hall–Kier alpha value is 0.310. The lowest BCUT2D eigenvalue weighted by atomic mass is 10.0. The standard InChI is InChI=1S/C8H16OS/c1-3-10-6-8(4-5-8)7(2)9/h7,9H,3-6H2,1-2H3. The van der Waals surface area contributed by atoms with Crippen molar-refractivity contribution in [1.29, 1.82) is 0 Å². The first-order chi connectivity index (χ1) is 4.71. The molecule has 0 aromatic rings. The van der Waals surface area contributed by atoms with Gasteiger partial charge >= 0.3 is 0 Å².